The molecule has 2 fully saturated rings. The van der Waals surface area contributed by atoms with Crippen molar-refractivity contribution in [2.24, 2.45) is 0 Å². The van der Waals surface area contributed by atoms with Crippen LogP contribution in [0, 0.1) is 10.1 Å². The van der Waals surface area contributed by atoms with E-state index in [1.54, 1.807) is 4.90 Å². The maximum atomic E-state index is 12.8. The zero-order valence-electron chi connectivity index (χ0n) is 12.4. The standard InChI is InChI=1S/C13H18N4O5/c1-2-15-7-10(17(19)20)11(14-15)12(18)16-4-6-22-9-13(16)3-5-21-8-13/h7H,2-6,8-9H2,1H3. The van der Waals surface area contributed by atoms with Gasteiger partial charge < -0.3 is 14.4 Å². The van der Waals surface area contributed by atoms with Crippen molar-refractivity contribution in [3.05, 3.63) is 22.0 Å². The Morgan fingerprint density at radius 2 is 2.18 bits per heavy atom. The summed E-state index contributed by atoms with van der Waals surface area (Å²) in [6, 6.07) is 0. The van der Waals surface area contributed by atoms with Crippen LogP contribution in [0.4, 0.5) is 5.69 Å². The van der Waals surface area contributed by atoms with Crippen molar-refractivity contribution < 1.29 is 19.2 Å². The molecule has 2 saturated heterocycles. The van der Waals surface area contributed by atoms with E-state index in [1.165, 1.54) is 10.9 Å². The molecule has 9 heteroatoms. The lowest BCUT2D eigenvalue weighted by Crippen LogP contribution is -2.59. The van der Waals surface area contributed by atoms with Crippen LogP contribution in [-0.4, -0.2) is 64.0 Å². The number of amides is 1. The molecule has 0 N–H and O–H groups in total. The van der Waals surface area contributed by atoms with E-state index in [4.69, 9.17) is 9.47 Å². The highest BCUT2D eigenvalue weighted by atomic mass is 16.6. The summed E-state index contributed by atoms with van der Waals surface area (Å²) in [4.78, 5) is 25.1. The van der Waals surface area contributed by atoms with Gasteiger partial charge in [-0.2, -0.15) is 5.10 Å². The van der Waals surface area contributed by atoms with Crippen molar-refractivity contribution in [1.82, 2.24) is 14.7 Å². The number of aromatic nitrogens is 2. The van der Waals surface area contributed by atoms with E-state index in [2.05, 4.69) is 5.10 Å². The van der Waals surface area contributed by atoms with Crippen LogP contribution in [0.3, 0.4) is 0 Å². The third kappa shape index (κ3) is 2.35. The summed E-state index contributed by atoms with van der Waals surface area (Å²) in [5.74, 6) is -0.423. The van der Waals surface area contributed by atoms with E-state index >= 15 is 0 Å². The van der Waals surface area contributed by atoms with Gasteiger partial charge in [-0.1, -0.05) is 0 Å². The van der Waals surface area contributed by atoms with E-state index in [9.17, 15) is 14.9 Å². The maximum Gasteiger partial charge on any atom is 0.320 e. The van der Waals surface area contributed by atoms with Crippen LogP contribution in [-0.2, 0) is 16.0 Å². The summed E-state index contributed by atoms with van der Waals surface area (Å²) in [6.07, 6.45) is 1.96. The molecule has 22 heavy (non-hydrogen) atoms. The minimum absolute atomic E-state index is 0.111. The van der Waals surface area contributed by atoms with Gasteiger partial charge in [-0.05, 0) is 13.3 Å². The molecular formula is C13H18N4O5. The van der Waals surface area contributed by atoms with E-state index in [1.807, 2.05) is 6.92 Å². The van der Waals surface area contributed by atoms with Gasteiger partial charge in [0.1, 0.15) is 6.20 Å². The number of morpholine rings is 1. The number of nitro groups is 1. The topological polar surface area (TPSA) is 99.7 Å². The van der Waals surface area contributed by atoms with E-state index in [0.717, 1.165) is 0 Å². The SMILES string of the molecule is CCn1cc([N+](=O)[O-])c(C(=O)N2CCOCC23CCOC3)n1. The molecule has 1 aromatic rings. The second-order valence-electron chi connectivity index (χ2n) is 5.51. The Labute approximate surface area is 126 Å². The highest BCUT2D eigenvalue weighted by Crippen LogP contribution is 2.32. The summed E-state index contributed by atoms with van der Waals surface area (Å²) in [7, 11) is 0. The highest BCUT2D eigenvalue weighted by molar-refractivity contribution is 5.96. The molecule has 1 unspecified atom stereocenters. The Hall–Kier alpha value is -2.00. The molecule has 2 aliphatic rings. The van der Waals surface area contributed by atoms with Gasteiger partial charge in [-0.15, -0.1) is 0 Å². The molecule has 120 valence electrons. The van der Waals surface area contributed by atoms with E-state index in [-0.39, 0.29) is 11.4 Å². The summed E-state index contributed by atoms with van der Waals surface area (Å²) in [6.45, 7) is 4.41. The van der Waals surface area contributed by atoms with Gasteiger partial charge in [0, 0.05) is 19.7 Å². The quantitative estimate of drug-likeness (QED) is 0.593. The summed E-state index contributed by atoms with van der Waals surface area (Å²) >= 11 is 0. The maximum absolute atomic E-state index is 12.8. The predicted octanol–water partition coefficient (Wildman–Crippen LogP) is 0.443. The fourth-order valence-electron chi connectivity index (χ4n) is 2.96. The number of rotatable bonds is 3. The number of aryl methyl sites for hydroxylation is 1. The minimum Gasteiger partial charge on any atom is -0.379 e. The number of hydrogen-bond acceptors (Lipinski definition) is 6. The molecule has 3 rings (SSSR count). The number of ether oxygens (including phenoxy) is 2. The Kier molecular flexibility index (Phi) is 3.83. The first-order chi connectivity index (χ1) is 10.6. The zero-order valence-corrected chi connectivity index (χ0v) is 12.4. The lowest BCUT2D eigenvalue weighted by molar-refractivity contribution is -0.385. The van der Waals surface area contributed by atoms with E-state index in [0.29, 0.717) is 45.9 Å². The van der Waals surface area contributed by atoms with Crippen LogP contribution in [0.25, 0.3) is 0 Å². The lowest BCUT2D eigenvalue weighted by atomic mass is 9.95. The second-order valence-corrected chi connectivity index (χ2v) is 5.51. The average Bonchev–Trinajstić information content (AvgIpc) is 3.14. The van der Waals surface area contributed by atoms with Crippen LogP contribution in [0.2, 0.25) is 0 Å². The third-order valence-corrected chi connectivity index (χ3v) is 4.20. The van der Waals surface area contributed by atoms with Gasteiger partial charge in [0.15, 0.2) is 0 Å². The zero-order chi connectivity index (χ0) is 15.7. The van der Waals surface area contributed by atoms with Gasteiger partial charge in [-0.3, -0.25) is 19.6 Å². The van der Waals surface area contributed by atoms with Gasteiger partial charge in [0.25, 0.3) is 5.91 Å². The molecule has 9 nitrogen and oxygen atoms in total. The number of carbonyl (C=O) groups excluding carboxylic acids is 1. The molecule has 1 aromatic heterocycles. The fourth-order valence-corrected chi connectivity index (χ4v) is 2.96. The summed E-state index contributed by atoms with van der Waals surface area (Å²) in [5.41, 5.74) is -0.897. The first-order valence-electron chi connectivity index (χ1n) is 7.27. The predicted molar refractivity (Wildman–Crippen MR) is 74.6 cm³/mol. The molecule has 0 saturated carbocycles. The monoisotopic (exact) mass is 310 g/mol. The molecule has 0 aromatic carbocycles. The van der Waals surface area contributed by atoms with Crippen molar-refractivity contribution >= 4 is 11.6 Å². The van der Waals surface area contributed by atoms with Crippen molar-refractivity contribution in [3.63, 3.8) is 0 Å². The molecular weight excluding hydrogens is 292 g/mol. The number of nitrogens with zero attached hydrogens (tertiary/aromatic N) is 4. The van der Waals surface area contributed by atoms with Crippen molar-refractivity contribution in [3.8, 4) is 0 Å². The molecule has 1 spiro atoms. The lowest BCUT2D eigenvalue weighted by Gasteiger charge is -2.43. The molecule has 1 amide bonds. The Bertz CT molecular complexity index is 593. The van der Waals surface area contributed by atoms with Crippen molar-refractivity contribution in [1.29, 1.82) is 0 Å². The van der Waals surface area contributed by atoms with Gasteiger partial charge >= 0.3 is 5.69 Å². The Morgan fingerprint density at radius 1 is 1.45 bits per heavy atom. The number of carbonyl (C=O) groups is 1. The smallest absolute Gasteiger partial charge is 0.320 e. The summed E-state index contributed by atoms with van der Waals surface area (Å²) in [5, 5.41) is 15.3. The third-order valence-electron chi connectivity index (χ3n) is 4.20. The second kappa shape index (κ2) is 5.65. The summed E-state index contributed by atoms with van der Waals surface area (Å²) < 4.78 is 12.3. The normalized spacial score (nSPS) is 24.9. The molecule has 0 aliphatic carbocycles. The number of hydrogen-bond donors (Lipinski definition) is 0. The van der Waals surface area contributed by atoms with Crippen molar-refractivity contribution in [2.75, 3.05) is 33.0 Å². The van der Waals surface area contributed by atoms with E-state index < -0.39 is 16.4 Å². The Morgan fingerprint density at radius 3 is 2.82 bits per heavy atom. The molecule has 2 aliphatic heterocycles. The van der Waals surface area contributed by atoms with Crippen LogP contribution >= 0.6 is 0 Å². The molecule has 0 radical (unpaired) electrons. The van der Waals surface area contributed by atoms with Gasteiger partial charge in [0.2, 0.25) is 5.69 Å². The van der Waals surface area contributed by atoms with Crippen LogP contribution in [0.5, 0.6) is 0 Å². The average molecular weight is 310 g/mol. The first-order valence-corrected chi connectivity index (χ1v) is 7.27. The first kappa shape index (κ1) is 14.9. The molecule has 1 atom stereocenters. The Balaban J connectivity index is 1.95. The fraction of sp³-hybridized carbons (Fsp3) is 0.692. The van der Waals surface area contributed by atoms with Gasteiger partial charge in [0.05, 0.1) is 30.3 Å². The molecule has 3 heterocycles. The molecule has 0 bridgehead atoms. The van der Waals surface area contributed by atoms with Crippen LogP contribution < -0.4 is 0 Å². The van der Waals surface area contributed by atoms with Crippen LogP contribution in [0.15, 0.2) is 6.20 Å². The van der Waals surface area contributed by atoms with Gasteiger partial charge in [-0.25, -0.2) is 0 Å². The largest absolute Gasteiger partial charge is 0.379 e. The minimum atomic E-state index is -0.565. The van der Waals surface area contributed by atoms with Crippen molar-refractivity contribution in [2.45, 2.75) is 25.4 Å². The highest BCUT2D eigenvalue weighted by Gasteiger charge is 2.47. The van der Waals surface area contributed by atoms with Crippen LogP contribution in [0.1, 0.15) is 23.8 Å².